The molecular formula is C93H152O16P2. The summed E-state index contributed by atoms with van der Waals surface area (Å²) in [6.07, 6.45) is 110. The molecule has 0 rings (SSSR count). The molecule has 0 aromatic heterocycles. The zero-order valence-electron chi connectivity index (χ0n) is 69.1. The standard InChI is InChI=1S/C93H152O16P2/c1-4-7-10-13-16-19-22-25-28-31-34-36-38-40-42-43-45-47-48-50-53-55-58-61-64-67-70-73-76-79-91(96)103-82-88(94)83-105-110(99,100)106-84-89(95)85-107-111(101,102)108-87-90(109-93(98)81-78-75-72-69-66-63-60-57-52-33-30-27-24-21-18-15-12-9-6-3)86-104-92(97)80-77-74-71-68-65-62-59-56-54-51-49-46-44-41-39-37-35-32-29-26-23-20-17-14-11-8-5-2/h7-12,16-21,25-30,34-37,40-42,44-45,47,52,57,63,66,88-90,94-95H,4-6,13-15,22-24,31-33,38-39,43,46,48-51,53-56,58-62,64-65,67-87H2,1-3H3,(H,99,100)(H,101,102)/b10-7-,11-8-,12-9-,19-16-,20-17-,21-18-,28-25-,29-26-,30-27-,36-34-,37-35-,42-40-,44-41-,47-45-,57-52-,66-63-. The summed E-state index contributed by atoms with van der Waals surface area (Å²) in [5.74, 6) is -1.63. The van der Waals surface area contributed by atoms with Crippen molar-refractivity contribution >= 4 is 33.6 Å². The molecule has 0 amide bonds. The SMILES string of the molecule is CC/C=C\C/C=C\C/C=C\C/C=C\C/C=C\C/C=C\CCCCCCCCCCCCC(=O)OCC(O)COP(=O)(O)OCC(O)COP(=O)(O)OCC(COC(=O)CCCCCCCCCCCCC/C=C\C/C=C\C/C=C\C/C=C\C/C=C\CC)OC(=O)CCCCC/C=C\C/C=C\C/C=C\C/C=C\C/C=C\CC. The monoisotopic (exact) mass is 1590 g/mol. The first-order valence-corrected chi connectivity index (χ1v) is 45.7. The highest BCUT2D eigenvalue weighted by molar-refractivity contribution is 7.47. The molecule has 0 radical (unpaired) electrons. The number of aliphatic hydroxyl groups excluding tert-OH is 2. The van der Waals surface area contributed by atoms with Gasteiger partial charge in [0, 0.05) is 19.3 Å². The van der Waals surface area contributed by atoms with Crippen LogP contribution in [0, 0.1) is 0 Å². The summed E-state index contributed by atoms with van der Waals surface area (Å²) >= 11 is 0. The second-order valence-corrected chi connectivity index (χ2v) is 30.7. The Morgan fingerprint density at radius 1 is 0.252 bits per heavy atom. The molecular weight excluding hydrogens is 1430 g/mol. The molecule has 0 saturated carbocycles. The molecule has 4 N–H and O–H groups in total. The molecule has 0 aliphatic carbocycles. The molecule has 0 aromatic rings. The number of hydrogen-bond acceptors (Lipinski definition) is 14. The molecule has 0 heterocycles. The Bertz CT molecular complexity index is 2800. The van der Waals surface area contributed by atoms with Crippen LogP contribution in [0.5, 0.6) is 0 Å². The first-order valence-electron chi connectivity index (χ1n) is 42.7. The van der Waals surface area contributed by atoms with Gasteiger partial charge in [0.05, 0.1) is 26.4 Å². The summed E-state index contributed by atoms with van der Waals surface area (Å²) in [4.78, 5) is 58.9. The Hall–Kier alpha value is -5.61. The quantitative estimate of drug-likeness (QED) is 0.0146. The van der Waals surface area contributed by atoms with Crippen molar-refractivity contribution in [2.45, 2.75) is 334 Å². The van der Waals surface area contributed by atoms with Crippen LogP contribution in [0.15, 0.2) is 194 Å². The van der Waals surface area contributed by atoms with Crippen LogP contribution in [0.1, 0.15) is 316 Å². The number of esters is 3. The molecule has 5 atom stereocenters. The first-order chi connectivity index (χ1) is 54.2. The number of allylic oxidation sites excluding steroid dienone is 32. The van der Waals surface area contributed by atoms with E-state index in [1.807, 2.05) is 0 Å². The van der Waals surface area contributed by atoms with Crippen molar-refractivity contribution in [1.29, 1.82) is 0 Å². The van der Waals surface area contributed by atoms with E-state index in [4.69, 9.17) is 32.3 Å². The van der Waals surface area contributed by atoms with E-state index in [0.29, 0.717) is 19.3 Å². The zero-order chi connectivity index (χ0) is 80.8. The van der Waals surface area contributed by atoms with Crippen LogP contribution < -0.4 is 0 Å². The Morgan fingerprint density at radius 2 is 0.450 bits per heavy atom. The maximum atomic E-state index is 13.0. The van der Waals surface area contributed by atoms with Gasteiger partial charge in [0.25, 0.3) is 0 Å². The smallest absolute Gasteiger partial charge is 0.463 e. The summed E-state index contributed by atoms with van der Waals surface area (Å²) in [5.41, 5.74) is 0. The van der Waals surface area contributed by atoms with Gasteiger partial charge in [-0.05, 0) is 161 Å². The largest absolute Gasteiger partial charge is 0.472 e. The number of ether oxygens (including phenoxy) is 3. The van der Waals surface area contributed by atoms with Crippen LogP contribution in [0.2, 0.25) is 0 Å². The average molecular weight is 1590 g/mol. The first kappa shape index (κ1) is 105. The Morgan fingerprint density at radius 3 is 0.721 bits per heavy atom. The topological polar surface area (TPSA) is 231 Å². The minimum absolute atomic E-state index is 0.0582. The van der Waals surface area contributed by atoms with Gasteiger partial charge in [0.2, 0.25) is 0 Å². The highest BCUT2D eigenvalue weighted by atomic mass is 31.2. The van der Waals surface area contributed by atoms with Gasteiger partial charge >= 0.3 is 33.6 Å². The van der Waals surface area contributed by atoms with Crippen LogP contribution in [0.25, 0.3) is 0 Å². The Kier molecular flexibility index (Phi) is 79.6. The van der Waals surface area contributed by atoms with E-state index in [9.17, 15) is 43.5 Å². The second kappa shape index (κ2) is 83.8. The fourth-order valence-corrected chi connectivity index (χ4v) is 12.5. The van der Waals surface area contributed by atoms with Gasteiger partial charge in [-0.2, -0.15) is 0 Å². The van der Waals surface area contributed by atoms with E-state index in [0.717, 1.165) is 186 Å². The molecule has 0 aliphatic heterocycles. The lowest BCUT2D eigenvalue weighted by molar-refractivity contribution is -0.161. The average Bonchev–Trinajstić information content (AvgIpc) is 0.900. The summed E-state index contributed by atoms with van der Waals surface area (Å²) in [6, 6.07) is 0. The highest BCUT2D eigenvalue weighted by Gasteiger charge is 2.29. The Balaban J connectivity index is 4.65. The van der Waals surface area contributed by atoms with Gasteiger partial charge in [-0.15, -0.1) is 0 Å². The lowest BCUT2D eigenvalue weighted by Crippen LogP contribution is -2.30. The minimum atomic E-state index is -4.95. The highest BCUT2D eigenvalue weighted by Crippen LogP contribution is 2.45. The number of carbonyl (C=O) groups excluding carboxylic acids is 3. The van der Waals surface area contributed by atoms with Crippen molar-refractivity contribution in [3.63, 3.8) is 0 Å². The number of unbranched alkanes of at least 4 members (excludes halogenated alkanes) is 24. The number of hydrogen-bond donors (Lipinski definition) is 4. The Labute approximate surface area is 674 Å². The van der Waals surface area contributed by atoms with Crippen LogP contribution in [0.4, 0.5) is 0 Å². The molecule has 0 bridgehead atoms. The summed E-state index contributed by atoms with van der Waals surface area (Å²) < 4.78 is 61.3. The molecule has 111 heavy (non-hydrogen) atoms. The maximum Gasteiger partial charge on any atom is 0.472 e. The van der Waals surface area contributed by atoms with Crippen LogP contribution in [-0.2, 0) is 55.8 Å². The molecule has 0 aliphatic rings. The van der Waals surface area contributed by atoms with E-state index in [1.54, 1.807) is 0 Å². The van der Waals surface area contributed by atoms with Gasteiger partial charge in [-0.1, -0.05) is 331 Å². The van der Waals surface area contributed by atoms with Crippen molar-refractivity contribution in [2.75, 3.05) is 39.6 Å². The lowest BCUT2D eigenvalue weighted by Gasteiger charge is -2.21. The van der Waals surface area contributed by atoms with Gasteiger partial charge in [-0.3, -0.25) is 32.5 Å². The van der Waals surface area contributed by atoms with Crippen LogP contribution in [-0.4, -0.2) is 95.9 Å². The van der Waals surface area contributed by atoms with Crippen molar-refractivity contribution in [1.82, 2.24) is 0 Å². The van der Waals surface area contributed by atoms with Gasteiger partial charge in [-0.25, -0.2) is 9.13 Å². The van der Waals surface area contributed by atoms with E-state index in [1.165, 1.54) is 70.6 Å². The molecule has 18 heteroatoms. The van der Waals surface area contributed by atoms with Crippen molar-refractivity contribution in [2.24, 2.45) is 0 Å². The minimum Gasteiger partial charge on any atom is -0.463 e. The van der Waals surface area contributed by atoms with Crippen molar-refractivity contribution in [3.8, 4) is 0 Å². The normalized spacial score (nSPS) is 14.8. The molecule has 5 unspecified atom stereocenters. The van der Waals surface area contributed by atoms with E-state index < -0.39 is 91.5 Å². The third-order valence-electron chi connectivity index (χ3n) is 17.3. The molecule has 0 fully saturated rings. The van der Waals surface area contributed by atoms with Crippen molar-refractivity contribution in [3.05, 3.63) is 194 Å². The fraction of sp³-hybridized carbons (Fsp3) is 0.624. The number of phosphoric acid groups is 2. The van der Waals surface area contributed by atoms with E-state index in [2.05, 4.69) is 215 Å². The second-order valence-electron chi connectivity index (χ2n) is 27.8. The molecule has 0 saturated heterocycles. The number of phosphoric ester groups is 2. The molecule has 0 aromatic carbocycles. The fourth-order valence-electron chi connectivity index (χ4n) is 10.9. The van der Waals surface area contributed by atoms with Gasteiger partial charge in [0.15, 0.2) is 6.10 Å². The number of rotatable bonds is 79. The predicted molar refractivity (Wildman–Crippen MR) is 463 cm³/mol. The number of carbonyl (C=O) groups is 3. The summed E-state index contributed by atoms with van der Waals surface area (Å²) in [7, 11) is -9.83. The van der Waals surface area contributed by atoms with Gasteiger partial charge in [0.1, 0.15) is 25.4 Å². The summed E-state index contributed by atoms with van der Waals surface area (Å²) in [5, 5.41) is 20.7. The molecule has 16 nitrogen and oxygen atoms in total. The van der Waals surface area contributed by atoms with Gasteiger partial charge < -0.3 is 34.2 Å². The van der Waals surface area contributed by atoms with E-state index >= 15 is 0 Å². The van der Waals surface area contributed by atoms with Crippen LogP contribution >= 0.6 is 15.6 Å². The van der Waals surface area contributed by atoms with E-state index in [-0.39, 0.29) is 19.3 Å². The third-order valence-corrected chi connectivity index (χ3v) is 19.2. The number of aliphatic hydroxyl groups is 2. The lowest BCUT2D eigenvalue weighted by atomic mass is 10.0. The summed E-state index contributed by atoms with van der Waals surface area (Å²) in [6.45, 7) is 2.29. The third kappa shape index (κ3) is 85.1. The molecule has 0 spiro atoms. The maximum absolute atomic E-state index is 13.0. The van der Waals surface area contributed by atoms with Crippen molar-refractivity contribution < 1.29 is 75.8 Å². The van der Waals surface area contributed by atoms with Crippen LogP contribution in [0.3, 0.4) is 0 Å². The predicted octanol–water partition coefficient (Wildman–Crippen LogP) is 25.9. The molecule has 630 valence electrons. The zero-order valence-corrected chi connectivity index (χ0v) is 70.8.